The zero-order valence-corrected chi connectivity index (χ0v) is 11.5. The number of benzene rings is 1. The van der Waals surface area contributed by atoms with Gasteiger partial charge in [-0.1, -0.05) is 17.7 Å². The van der Waals surface area contributed by atoms with Crippen LogP contribution < -0.4 is 5.32 Å². The highest BCUT2D eigenvalue weighted by Crippen LogP contribution is 2.17. The predicted octanol–water partition coefficient (Wildman–Crippen LogP) is 2.13. The van der Waals surface area contributed by atoms with Gasteiger partial charge in [-0.25, -0.2) is 0 Å². The first-order valence-corrected chi connectivity index (χ1v) is 6.64. The average molecular weight is 246 g/mol. The number of hydrogen-bond acceptors (Lipinski definition) is 2. The number of aryl methyl sites for hydroxylation is 2. The number of carbonyl (C=O) groups excluding carboxylic acids is 1. The largest absolute Gasteiger partial charge is 0.339 e. The maximum atomic E-state index is 12.5. The fourth-order valence-electron chi connectivity index (χ4n) is 2.52. The molecule has 1 fully saturated rings. The van der Waals surface area contributed by atoms with Gasteiger partial charge in [0, 0.05) is 18.7 Å². The Hall–Kier alpha value is -1.35. The first kappa shape index (κ1) is 13.1. The summed E-state index contributed by atoms with van der Waals surface area (Å²) in [6.07, 6.45) is 2.10. The second-order valence-corrected chi connectivity index (χ2v) is 5.22. The van der Waals surface area contributed by atoms with Crippen molar-refractivity contribution < 1.29 is 4.79 Å². The van der Waals surface area contributed by atoms with E-state index < -0.39 is 0 Å². The molecule has 1 amide bonds. The number of nitrogens with zero attached hydrogens (tertiary/aromatic N) is 1. The summed E-state index contributed by atoms with van der Waals surface area (Å²) in [7, 11) is 1.93. The molecule has 0 radical (unpaired) electrons. The molecule has 1 aromatic carbocycles. The standard InChI is InChI=1S/C15H22N2O/c1-11-4-5-12(2)14(10-11)15(18)17(3)13-6-8-16-9-7-13/h4-5,10,13,16H,6-9H2,1-3H3. The van der Waals surface area contributed by atoms with E-state index in [0.717, 1.165) is 42.6 Å². The van der Waals surface area contributed by atoms with Crippen LogP contribution in [0.15, 0.2) is 18.2 Å². The molecule has 1 saturated heterocycles. The van der Waals surface area contributed by atoms with Crippen LogP contribution in [0.2, 0.25) is 0 Å². The van der Waals surface area contributed by atoms with Crippen LogP contribution in [0.25, 0.3) is 0 Å². The number of rotatable bonds is 2. The molecule has 1 aliphatic heterocycles. The van der Waals surface area contributed by atoms with Crippen molar-refractivity contribution in [1.82, 2.24) is 10.2 Å². The summed E-state index contributed by atoms with van der Waals surface area (Å²) in [6.45, 7) is 6.05. The molecule has 1 aliphatic rings. The van der Waals surface area contributed by atoms with Crippen LogP contribution >= 0.6 is 0 Å². The molecule has 0 spiro atoms. The summed E-state index contributed by atoms with van der Waals surface area (Å²) in [5, 5.41) is 3.33. The molecule has 3 nitrogen and oxygen atoms in total. The molecule has 3 heteroatoms. The van der Waals surface area contributed by atoms with Crippen LogP contribution in [0.3, 0.4) is 0 Å². The lowest BCUT2D eigenvalue weighted by atomic mass is 10.0. The lowest BCUT2D eigenvalue weighted by Crippen LogP contribution is -2.44. The molecule has 98 valence electrons. The van der Waals surface area contributed by atoms with Gasteiger partial charge in [0.2, 0.25) is 0 Å². The average Bonchev–Trinajstić information content (AvgIpc) is 2.41. The number of nitrogens with one attached hydrogen (secondary N) is 1. The summed E-state index contributed by atoms with van der Waals surface area (Å²) in [6, 6.07) is 6.45. The van der Waals surface area contributed by atoms with E-state index in [4.69, 9.17) is 0 Å². The Bertz CT molecular complexity index is 436. The van der Waals surface area contributed by atoms with Gasteiger partial charge in [-0.05, 0) is 51.4 Å². The molecule has 0 saturated carbocycles. The Kier molecular flexibility index (Phi) is 4.02. The first-order chi connectivity index (χ1) is 8.59. The highest BCUT2D eigenvalue weighted by molar-refractivity contribution is 5.95. The summed E-state index contributed by atoms with van der Waals surface area (Å²) < 4.78 is 0. The molecule has 2 rings (SSSR count). The fourth-order valence-corrected chi connectivity index (χ4v) is 2.52. The van der Waals surface area contributed by atoms with Crippen molar-refractivity contribution >= 4 is 5.91 Å². The molecule has 1 N–H and O–H groups in total. The number of piperidine rings is 1. The molecule has 0 unspecified atom stereocenters. The molecule has 1 aromatic rings. The van der Waals surface area contributed by atoms with Gasteiger partial charge in [0.25, 0.3) is 5.91 Å². The van der Waals surface area contributed by atoms with Crippen LogP contribution in [0.1, 0.15) is 34.3 Å². The second kappa shape index (κ2) is 5.53. The van der Waals surface area contributed by atoms with Gasteiger partial charge in [-0.15, -0.1) is 0 Å². The number of hydrogen-bond donors (Lipinski definition) is 1. The van der Waals surface area contributed by atoms with Gasteiger partial charge >= 0.3 is 0 Å². The van der Waals surface area contributed by atoms with Crippen LogP contribution in [-0.4, -0.2) is 37.0 Å². The van der Waals surface area contributed by atoms with Crippen molar-refractivity contribution in [3.63, 3.8) is 0 Å². The van der Waals surface area contributed by atoms with Crippen molar-refractivity contribution in [2.24, 2.45) is 0 Å². The minimum Gasteiger partial charge on any atom is -0.339 e. The highest BCUT2D eigenvalue weighted by Gasteiger charge is 2.23. The second-order valence-electron chi connectivity index (χ2n) is 5.22. The Morgan fingerprint density at radius 2 is 1.94 bits per heavy atom. The summed E-state index contributed by atoms with van der Waals surface area (Å²) in [5.74, 6) is 0.156. The summed E-state index contributed by atoms with van der Waals surface area (Å²) in [4.78, 5) is 14.4. The smallest absolute Gasteiger partial charge is 0.254 e. The quantitative estimate of drug-likeness (QED) is 0.867. The van der Waals surface area contributed by atoms with E-state index in [-0.39, 0.29) is 5.91 Å². The van der Waals surface area contributed by atoms with E-state index in [1.807, 2.05) is 37.9 Å². The van der Waals surface area contributed by atoms with Crippen LogP contribution in [-0.2, 0) is 0 Å². The van der Waals surface area contributed by atoms with Crippen LogP contribution in [0.4, 0.5) is 0 Å². The Balaban J connectivity index is 2.16. The van der Waals surface area contributed by atoms with Gasteiger partial charge in [-0.2, -0.15) is 0 Å². The third kappa shape index (κ3) is 2.72. The van der Waals surface area contributed by atoms with Gasteiger partial charge in [0.1, 0.15) is 0 Å². The Morgan fingerprint density at radius 1 is 1.28 bits per heavy atom. The van der Waals surface area contributed by atoms with Gasteiger partial charge in [0.05, 0.1) is 0 Å². The van der Waals surface area contributed by atoms with Crippen molar-refractivity contribution in [3.05, 3.63) is 34.9 Å². The normalized spacial score (nSPS) is 16.6. The van der Waals surface area contributed by atoms with Crippen molar-refractivity contribution in [3.8, 4) is 0 Å². The third-order valence-corrected chi connectivity index (χ3v) is 3.80. The molecular formula is C15H22N2O. The number of carbonyl (C=O) groups is 1. The zero-order chi connectivity index (χ0) is 13.1. The Morgan fingerprint density at radius 3 is 2.61 bits per heavy atom. The molecule has 18 heavy (non-hydrogen) atoms. The van der Waals surface area contributed by atoms with Crippen molar-refractivity contribution in [2.45, 2.75) is 32.7 Å². The maximum Gasteiger partial charge on any atom is 0.254 e. The van der Waals surface area contributed by atoms with E-state index in [2.05, 4.69) is 11.4 Å². The van der Waals surface area contributed by atoms with E-state index in [0.29, 0.717) is 6.04 Å². The Labute approximate surface area is 109 Å². The van der Waals surface area contributed by atoms with E-state index >= 15 is 0 Å². The summed E-state index contributed by atoms with van der Waals surface area (Å²) in [5.41, 5.74) is 3.05. The maximum absolute atomic E-state index is 12.5. The minimum absolute atomic E-state index is 0.156. The lowest BCUT2D eigenvalue weighted by molar-refractivity contribution is 0.0702. The van der Waals surface area contributed by atoms with Gasteiger partial charge in [-0.3, -0.25) is 4.79 Å². The monoisotopic (exact) mass is 246 g/mol. The topological polar surface area (TPSA) is 32.3 Å². The molecule has 0 bridgehead atoms. The van der Waals surface area contributed by atoms with Crippen molar-refractivity contribution in [2.75, 3.05) is 20.1 Å². The van der Waals surface area contributed by atoms with E-state index in [9.17, 15) is 4.79 Å². The first-order valence-electron chi connectivity index (χ1n) is 6.64. The highest BCUT2D eigenvalue weighted by atomic mass is 16.2. The third-order valence-electron chi connectivity index (χ3n) is 3.80. The summed E-state index contributed by atoms with van der Waals surface area (Å²) >= 11 is 0. The van der Waals surface area contributed by atoms with Crippen molar-refractivity contribution in [1.29, 1.82) is 0 Å². The molecular weight excluding hydrogens is 224 g/mol. The van der Waals surface area contributed by atoms with E-state index in [1.165, 1.54) is 0 Å². The van der Waals surface area contributed by atoms with Gasteiger partial charge in [0.15, 0.2) is 0 Å². The lowest BCUT2D eigenvalue weighted by Gasteiger charge is -2.32. The van der Waals surface area contributed by atoms with Crippen LogP contribution in [0.5, 0.6) is 0 Å². The number of amides is 1. The predicted molar refractivity (Wildman–Crippen MR) is 73.9 cm³/mol. The fraction of sp³-hybridized carbons (Fsp3) is 0.533. The molecule has 0 atom stereocenters. The van der Waals surface area contributed by atoms with Gasteiger partial charge < -0.3 is 10.2 Å². The molecule has 1 heterocycles. The minimum atomic E-state index is 0.156. The SMILES string of the molecule is Cc1ccc(C)c(C(=O)N(C)C2CCNCC2)c1. The molecule has 0 aliphatic carbocycles. The molecule has 0 aromatic heterocycles. The van der Waals surface area contributed by atoms with Crippen LogP contribution in [0, 0.1) is 13.8 Å². The van der Waals surface area contributed by atoms with E-state index in [1.54, 1.807) is 0 Å². The zero-order valence-electron chi connectivity index (χ0n) is 11.5.